The minimum absolute atomic E-state index is 0.00547. The number of nitrogens with zero attached hydrogens (tertiary/aromatic N) is 2. The Morgan fingerprint density at radius 2 is 0.667 bits per heavy atom. The molecule has 11 N–H and O–H groups in total. The van der Waals surface area contributed by atoms with Crippen LogP contribution in [0.1, 0.15) is 36.1 Å². The van der Waals surface area contributed by atoms with Crippen molar-refractivity contribution in [3.8, 4) is 0 Å². The van der Waals surface area contributed by atoms with Crippen LogP contribution < -0.4 is 41.7 Å². The van der Waals surface area contributed by atoms with Gasteiger partial charge in [-0.25, -0.2) is 0 Å². The maximum atomic E-state index is 13.4. The van der Waals surface area contributed by atoms with Gasteiger partial charge in [0.15, 0.2) is 0 Å². The molecule has 0 aromatic heterocycles. The van der Waals surface area contributed by atoms with Crippen LogP contribution in [0, 0.1) is 21.4 Å². The predicted octanol–water partition coefficient (Wildman–Crippen LogP) is -1.08. The molecule has 66 heavy (non-hydrogen) atoms. The lowest BCUT2D eigenvalue weighted by Gasteiger charge is -2.28. The molecule has 0 aliphatic heterocycles. The Morgan fingerprint density at radius 3 is 0.879 bits per heavy atom. The van der Waals surface area contributed by atoms with Gasteiger partial charge in [0.1, 0.15) is 13.1 Å². The van der Waals surface area contributed by atoms with Crippen molar-refractivity contribution in [2.45, 2.75) is 45.6 Å². The maximum absolute atomic E-state index is 13.4. The molecule has 2 aromatic rings. The van der Waals surface area contributed by atoms with Crippen molar-refractivity contribution >= 4 is 194 Å². The number of hydrogen-bond donors (Lipinski definition) is 11. The van der Waals surface area contributed by atoms with Crippen LogP contribution in [0.2, 0.25) is 0 Å². The number of aliphatic hydroxyl groups excluding tert-OH is 5. The number of nitrogens with one attached hydrogen (secondary N) is 6. The van der Waals surface area contributed by atoms with Gasteiger partial charge in [-0.3, -0.25) is 38.4 Å². The standard InChI is InChI=1S/C39H50I6N8O13/c1-19(58)52(38-34(42)22(11-26(61)46-3-7-54)32(40)23(35(38)43)12-27(62)47-4-8-55)17-30(65)50-15-21(60)16-51-31(66)18-53(20(2)59)39-36(44)24(13-28(63)48-5-9-56)33(41)25(37(39)45)14-29(64)49-6-10-57/h21,54-57,60H,3-18H2,1-2H3,(H,46,61)(H,47,62)(H,48,63)(H,49,64)(H,50,65)(H,51,66). The van der Waals surface area contributed by atoms with E-state index in [0.29, 0.717) is 43.7 Å². The van der Waals surface area contributed by atoms with Gasteiger partial charge >= 0.3 is 0 Å². The largest absolute Gasteiger partial charge is 0.395 e. The third-order valence-electron chi connectivity index (χ3n) is 9.01. The topological polar surface area (TPSA) is 316 Å². The van der Waals surface area contributed by atoms with E-state index in [1.807, 2.05) is 136 Å². The van der Waals surface area contributed by atoms with Crippen molar-refractivity contribution in [3.05, 3.63) is 43.7 Å². The van der Waals surface area contributed by atoms with Crippen LogP contribution in [0.3, 0.4) is 0 Å². The Morgan fingerprint density at radius 1 is 0.424 bits per heavy atom. The first-order valence-corrected chi connectivity index (χ1v) is 26.3. The quantitative estimate of drug-likeness (QED) is 0.0501. The molecular weight excluding hydrogens is 1550 g/mol. The number of amides is 8. The monoisotopic (exact) mass is 1600 g/mol. The van der Waals surface area contributed by atoms with E-state index in [0.717, 1.165) is 0 Å². The van der Waals surface area contributed by atoms with E-state index in [1.165, 1.54) is 23.6 Å². The van der Waals surface area contributed by atoms with Crippen LogP contribution >= 0.6 is 136 Å². The van der Waals surface area contributed by atoms with Crippen molar-refractivity contribution in [2.24, 2.45) is 0 Å². The van der Waals surface area contributed by atoms with Crippen LogP contribution in [-0.2, 0) is 64.0 Å². The maximum Gasteiger partial charge on any atom is 0.240 e. The Bertz CT molecular complexity index is 1890. The second-order valence-corrected chi connectivity index (χ2v) is 20.4. The van der Waals surface area contributed by atoms with Crippen molar-refractivity contribution in [1.82, 2.24) is 31.9 Å². The molecular formula is C39H50I6N8O13. The number of aliphatic hydroxyl groups is 5. The molecule has 0 aliphatic carbocycles. The zero-order chi connectivity index (χ0) is 49.8. The van der Waals surface area contributed by atoms with Gasteiger partial charge in [0.2, 0.25) is 47.3 Å². The van der Waals surface area contributed by atoms with E-state index in [-0.39, 0.29) is 103 Å². The van der Waals surface area contributed by atoms with Gasteiger partial charge < -0.3 is 67.2 Å². The third-order valence-corrected chi connectivity index (χ3v) is 16.3. The fourth-order valence-electron chi connectivity index (χ4n) is 5.91. The predicted molar refractivity (Wildman–Crippen MR) is 292 cm³/mol. The first-order valence-electron chi connectivity index (χ1n) is 19.8. The second-order valence-electron chi connectivity index (χ2n) is 14.0. The second kappa shape index (κ2) is 30.9. The molecule has 27 heteroatoms. The smallest absolute Gasteiger partial charge is 0.240 e. The molecule has 0 heterocycles. The van der Waals surface area contributed by atoms with Crippen molar-refractivity contribution < 1.29 is 63.9 Å². The molecule has 0 saturated heterocycles. The average Bonchev–Trinajstić information content (AvgIpc) is 3.26. The fourth-order valence-corrected chi connectivity index (χ4v) is 14.9. The van der Waals surface area contributed by atoms with E-state index >= 15 is 0 Å². The van der Waals surface area contributed by atoms with Crippen molar-refractivity contribution in [2.75, 3.05) is 88.6 Å². The first-order chi connectivity index (χ1) is 31.1. The van der Waals surface area contributed by atoms with E-state index in [9.17, 15) is 63.9 Å². The third kappa shape index (κ3) is 18.6. The number of benzene rings is 2. The summed E-state index contributed by atoms with van der Waals surface area (Å²) in [5.74, 6) is -4.22. The van der Waals surface area contributed by atoms with Gasteiger partial charge in [-0.1, -0.05) is 0 Å². The van der Waals surface area contributed by atoms with Gasteiger partial charge in [0.25, 0.3) is 0 Å². The molecule has 0 radical (unpaired) electrons. The summed E-state index contributed by atoms with van der Waals surface area (Å²) < 4.78 is 2.98. The van der Waals surface area contributed by atoms with E-state index in [1.54, 1.807) is 0 Å². The Labute approximate surface area is 462 Å². The zero-order valence-electron chi connectivity index (χ0n) is 35.6. The van der Waals surface area contributed by atoms with Crippen molar-refractivity contribution in [3.63, 3.8) is 0 Å². The van der Waals surface area contributed by atoms with Gasteiger partial charge in [-0.15, -0.1) is 0 Å². The summed E-state index contributed by atoms with van der Waals surface area (Å²) in [6.07, 6.45) is -2.04. The normalized spacial score (nSPS) is 10.9. The Balaban J connectivity index is 2.33. The lowest BCUT2D eigenvalue weighted by Crippen LogP contribution is -2.47. The molecule has 21 nitrogen and oxygen atoms in total. The van der Waals surface area contributed by atoms with Crippen LogP contribution in [0.5, 0.6) is 0 Å². The Hall–Kier alpha value is -1.62. The highest BCUT2D eigenvalue weighted by atomic mass is 127. The van der Waals surface area contributed by atoms with E-state index < -0.39 is 66.5 Å². The average molecular weight is 1600 g/mol. The van der Waals surface area contributed by atoms with Gasteiger partial charge in [0.05, 0.1) is 69.6 Å². The summed E-state index contributed by atoms with van der Waals surface area (Å²) in [6, 6.07) is 0. The minimum atomic E-state index is -1.34. The molecule has 0 saturated carbocycles. The lowest BCUT2D eigenvalue weighted by atomic mass is 10.0. The minimum Gasteiger partial charge on any atom is -0.395 e. The molecule has 0 unspecified atom stereocenters. The SMILES string of the molecule is CC(=O)N(CC(=O)NCC(O)CNC(=O)CN(C(C)=O)c1c(I)c(CC(=O)NCCO)c(I)c(CC(=O)NCCO)c1I)c1c(I)c(CC(=O)NCCO)c(I)c(CC(=O)NCCO)c1I. The zero-order valence-corrected chi connectivity index (χ0v) is 48.5. The highest BCUT2D eigenvalue weighted by molar-refractivity contribution is 14.1. The molecule has 0 aliphatic rings. The number of rotatable bonds is 26. The number of anilines is 2. The summed E-state index contributed by atoms with van der Waals surface area (Å²) in [7, 11) is 0. The molecule has 0 fully saturated rings. The molecule has 2 aromatic carbocycles. The summed E-state index contributed by atoms with van der Waals surface area (Å²) in [4.78, 5) is 107. The van der Waals surface area contributed by atoms with Crippen LogP contribution in [0.25, 0.3) is 0 Å². The van der Waals surface area contributed by atoms with E-state index in [2.05, 4.69) is 31.9 Å². The van der Waals surface area contributed by atoms with Gasteiger partial charge in [0, 0.05) is 74.5 Å². The molecule has 8 amide bonds. The summed E-state index contributed by atoms with van der Waals surface area (Å²) in [5.41, 5.74) is 2.44. The lowest BCUT2D eigenvalue weighted by molar-refractivity contribution is -0.124. The number of hydrogen-bond acceptors (Lipinski definition) is 13. The number of carbonyl (C=O) groups excluding carboxylic acids is 8. The Kier molecular flexibility index (Phi) is 28.3. The summed E-state index contributed by atoms with van der Waals surface area (Å²) in [6.45, 7) is -0.473. The summed E-state index contributed by atoms with van der Waals surface area (Å²) in [5, 5.41) is 63.1. The number of halogens is 6. The highest BCUT2D eigenvalue weighted by Crippen LogP contribution is 2.40. The van der Waals surface area contributed by atoms with Gasteiger partial charge in [-0.2, -0.15) is 0 Å². The first kappa shape index (κ1) is 60.5. The van der Waals surface area contributed by atoms with E-state index in [4.69, 9.17) is 0 Å². The van der Waals surface area contributed by atoms with Crippen LogP contribution in [0.15, 0.2) is 0 Å². The number of carbonyl (C=O) groups is 8. The fraction of sp³-hybridized carbons (Fsp3) is 0.487. The van der Waals surface area contributed by atoms with Crippen LogP contribution in [0.4, 0.5) is 11.4 Å². The summed E-state index contributed by atoms with van der Waals surface area (Å²) >= 11 is 11.9. The van der Waals surface area contributed by atoms with Crippen molar-refractivity contribution in [1.29, 1.82) is 0 Å². The molecule has 0 bridgehead atoms. The molecule has 0 atom stereocenters. The highest BCUT2D eigenvalue weighted by Gasteiger charge is 2.31. The van der Waals surface area contributed by atoms with Crippen LogP contribution in [-0.4, -0.2) is 158 Å². The van der Waals surface area contributed by atoms with Gasteiger partial charge in [-0.05, 0) is 158 Å². The molecule has 366 valence electrons. The molecule has 2 rings (SSSR count). The molecule has 0 spiro atoms.